The quantitative estimate of drug-likeness (QED) is 0.886. The van der Waals surface area contributed by atoms with Gasteiger partial charge in [-0.15, -0.1) is 10.2 Å². The SMILES string of the molecule is CNC(=O)c1ccc(NC2CCCC(C(C)C)C2)nn1. The molecular weight excluding hydrogens is 252 g/mol. The lowest BCUT2D eigenvalue weighted by molar-refractivity contribution is 0.0957. The number of anilines is 1. The summed E-state index contributed by atoms with van der Waals surface area (Å²) in [5.41, 5.74) is 0.349. The van der Waals surface area contributed by atoms with Crippen molar-refractivity contribution in [1.29, 1.82) is 0 Å². The fraction of sp³-hybridized carbons (Fsp3) is 0.667. The predicted octanol–water partition coefficient (Wildman–Crippen LogP) is 2.46. The second kappa shape index (κ2) is 6.68. The van der Waals surface area contributed by atoms with Crippen molar-refractivity contribution in [2.75, 3.05) is 12.4 Å². The summed E-state index contributed by atoms with van der Waals surface area (Å²) in [7, 11) is 1.59. The Labute approximate surface area is 120 Å². The molecule has 5 nitrogen and oxygen atoms in total. The Balaban J connectivity index is 1.94. The first kappa shape index (κ1) is 14.8. The average Bonchev–Trinajstić information content (AvgIpc) is 2.47. The van der Waals surface area contributed by atoms with E-state index in [1.807, 2.05) is 6.07 Å². The fourth-order valence-corrected chi connectivity index (χ4v) is 2.83. The van der Waals surface area contributed by atoms with E-state index in [0.29, 0.717) is 11.7 Å². The number of amides is 1. The molecule has 20 heavy (non-hydrogen) atoms. The Morgan fingerprint density at radius 3 is 2.70 bits per heavy atom. The summed E-state index contributed by atoms with van der Waals surface area (Å²) in [4.78, 5) is 11.4. The fourth-order valence-electron chi connectivity index (χ4n) is 2.83. The van der Waals surface area contributed by atoms with Crippen LogP contribution in [0.2, 0.25) is 0 Å². The molecule has 1 aromatic heterocycles. The van der Waals surface area contributed by atoms with Gasteiger partial charge < -0.3 is 10.6 Å². The molecule has 5 heteroatoms. The third-order valence-electron chi connectivity index (χ3n) is 4.13. The number of hydrogen-bond donors (Lipinski definition) is 2. The molecule has 0 saturated heterocycles. The van der Waals surface area contributed by atoms with Crippen LogP contribution < -0.4 is 10.6 Å². The number of aromatic nitrogens is 2. The molecular formula is C15H24N4O. The Hall–Kier alpha value is -1.65. The molecule has 2 rings (SSSR count). The first-order valence-electron chi connectivity index (χ1n) is 7.42. The Morgan fingerprint density at radius 2 is 2.10 bits per heavy atom. The highest BCUT2D eigenvalue weighted by Crippen LogP contribution is 2.31. The van der Waals surface area contributed by atoms with Gasteiger partial charge in [0.25, 0.3) is 5.91 Å². The third-order valence-corrected chi connectivity index (χ3v) is 4.13. The van der Waals surface area contributed by atoms with E-state index in [2.05, 4.69) is 34.7 Å². The summed E-state index contributed by atoms with van der Waals surface area (Å²) in [5.74, 6) is 2.08. The van der Waals surface area contributed by atoms with Crippen LogP contribution in [0.25, 0.3) is 0 Å². The van der Waals surface area contributed by atoms with Gasteiger partial charge in [-0.2, -0.15) is 0 Å². The lowest BCUT2D eigenvalue weighted by atomic mass is 9.79. The maximum absolute atomic E-state index is 11.4. The molecule has 1 saturated carbocycles. The highest BCUT2D eigenvalue weighted by molar-refractivity contribution is 5.91. The minimum atomic E-state index is -0.207. The number of rotatable bonds is 4. The van der Waals surface area contributed by atoms with Crippen molar-refractivity contribution in [1.82, 2.24) is 15.5 Å². The summed E-state index contributed by atoms with van der Waals surface area (Å²) >= 11 is 0. The zero-order chi connectivity index (χ0) is 14.5. The molecule has 1 aliphatic rings. The monoisotopic (exact) mass is 276 g/mol. The van der Waals surface area contributed by atoms with E-state index in [0.717, 1.165) is 17.7 Å². The zero-order valence-electron chi connectivity index (χ0n) is 12.5. The number of nitrogens with zero attached hydrogens (tertiary/aromatic N) is 2. The normalized spacial score (nSPS) is 22.6. The molecule has 1 heterocycles. The minimum Gasteiger partial charge on any atom is -0.366 e. The molecule has 1 aliphatic carbocycles. The van der Waals surface area contributed by atoms with E-state index < -0.39 is 0 Å². The Kier molecular flexibility index (Phi) is 4.93. The van der Waals surface area contributed by atoms with Gasteiger partial charge in [0, 0.05) is 13.1 Å². The Morgan fingerprint density at radius 1 is 1.30 bits per heavy atom. The van der Waals surface area contributed by atoms with Gasteiger partial charge in [-0.05, 0) is 36.8 Å². The van der Waals surface area contributed by atoms with Crippen LogP contribution in [0.4, 0.5) is 5.82 Å². The molecule has 110 valence electrons. The highest BCUT2D eigenvalue weighted by atomic mass is 16.1. The molecule has 0 aliphatic heterocycles. The lowest BCUT2D eigenvalue weighted by Gasteiger charge is -2.32. The van der Waals surface area contributed by atoms with Gasteiger partial charge in [0.1, 0.15) is 5.82 Å². The number of nitrogens with one attached hydrogen (secondary N) is 2. The third kappa shape index (κ3) is 3.68. The highest BCUT2D eigenvalue weighted by Gasteiger charge is 2.24. The topological polar surface area (TPSA) is 66.9 Å². The van der Waals surface area contributed by atoms with E-state index >= 15 is 0 Å². The molecule has 1 amide bonds. The maximum Gasteiger partial charge on any atom is 0.271 e. The molecule has 2 unspecified atom stereocenters. The summed E-state index contributed by atoms with van der Waals surface area (Å²) < 4.78 is 0. The summed E-state index contributed by atoms with van der Waals surface area (Å²) in [6, 6.07) is 4.00. The number of carbonyl (C=O) groups is 1. The van der Waals surface area contributed by atoms with E-state index in [1.165, 1.54) is 25.7 Å². The number of carbonyl (C=O) groups excluding carboxylic acids is 1. The van der Waals surface area contributed by atoms with Crippen molar-refractivity contribution in [3.05, 3.63) is 17.8 Å². The maximum atomic E-state index is 11.4. The van der Waals surface area contributed by atoms with Crippen molar-refractivity contribution in [3.63, 3.8) is 0 Å². The summed E-state index contributed by atoms with van der Waals surface area (Å²) in [6.45, 7) is 4.59. The van der Waals surface area contributed by atoms with Crippen LogP contribution in [0.1, 0.15) is 50.0 Å². The van der Waals surface area contributed by atoms with Gasteiger partial charge in [0.15, 0.2) is 5.69 Å². The summed E-state index contributed by atoms with van der Waals surface area (Å²) in [6.07, 6.45) is 4.97. The largest absolute Gasteiger partial charge is 0.366 e. The molecule has 1 aromatic rings. The van der Waals surface area contributed by atoms with Crippen molar-refractivity contribution in [2.24, 2.45) is 11.8 Å². The van der Waals surface area contributed by atoms with Crippen molar-refractivity contribution in [2.45, 2.75) is 45.6 Å². The van der Waals surface area contributed by atoms with Gasteiger partial charge in [0.05, 0.1) is 0 Å². The average molecular weight is 276 g/mol. The van der Waals surface area contributed by atoms with Crippen LogP contribution in [-0.4, -0.2) is 29.2 Å². The van der Waals surface area contributed by atoms with Crippen molar-refractivity contribution >= 4 is 11.7 Å². The molecule has 0 bridgehead atoms. The lowest BCUT2D eigenvalue weighted by Crippen LogP contribution is -2.30. The van der Waals surface area contributed by atoms with Crippen LogP contribution >= 0.6 is 0 Å². The van der Waals surface area contributed by atoms with E-state index in [-0.39, 0.29) is 5.91 Å². The first-order chi connectivity index (χ1) is 9.60. The predicted molar refractivity (Wildman–Crippen MR) is 79.6 cm³/mol. The van der Waals surface area contributed by atoms with Crippen molar-refractivity contribution < 1.29 is 4.79 Å². The van der Waals surface area contributed by atoms with Crippen LogP contribution in [0.15, 0.2) is 12.1 Å². The molecule has 0 spiro atoms. The van der Waals surface area contributed by atoms with E-state index in [4.69, 9.17) is 0 Å². The van der Waals surface area contributed by atoms with Crippen LogP contribution in [-0.2, 0) is 0 Å². The van der Waals surface area contributed by atoms with Crippen molar-refractivity contribution in [3.8, 4) is 0 Å². The van der Waals surface area contributed by atoms with Crippen LogP contribution in [0, 0.1) is 11.8 Å². The Bertz CT molecular complexity index is 444. The molecule has 1 fully saturated rings. The second-order valence-electron chi connectivity index (χ2n) is 5.89. The van der Waals surface area contributed by atoms with Gasteiger partial charge in [-0.3, -0.25) is 4.79 Å². The molecule has 0 aromatic carbocycles. The summed E-state index contributed by atoms with van der Waals surface area (Å²) in [5, 5.41) is 14.0. The molecule has 2 atom stereocenters. The minimum absolute atomic E-state index is 0.207. The van der Waals surface area contributed by atoms with E-state index in [1.54, 1.807) is 13.1 Å². The van der Waals surface area contributed by atoms with Gasteiger partial charge >= 0.3 is 0 Å². The van der Waals surface area contributed by atoms with Crippen LogP contribution in [0.3, 0.4) is 0 Å². The van der Waals surface area contributed by atoms with Gasteiger partial charge in [-0.25, -0.2) is 0 Å². The molecule has 0 radical (unpaired) electrons. The first-order valence-corrected chi connectivity index (χ1v) is 7.42. The molecule has 2 N–H and O–H groups in total. The van der Waals surface area contributed by atoms with Gasteiger partial charge in [0.2, 0.25) is 0 Å². The standard InChI is InChI=1S/C15H24N4O/c1-10(2)11-5-4-6-12(9-11)17-14-8-7-13(18-19-14)15(20)16-3/h7-8,10-12H,4-6,9H2,1-3H3,(H,16,20)(H,17,19). The zero-order valence-corrected chi connectivity index (χ0v) is 12.5. The van der Waals surface area contributed by atoms with E-state index in [9.17, 15) is 4.79 Å². The smallest absolute Gasteiger partial charge is 0.271 e. The van der Waals surface area contributed by atoms with Crippen LogP contribution in [0.5, 0.6) is 0 Å². The second-order valence-corrected chi connectivity index (χ2v) is 5.89. The number of hydrogen-bond acceptors (Lipinski definition) is 4. The van der Waals surface area contributed by atoms with Gasteiger partial charge in [-0.1, -0.05) is 26.7 Å².